The number of nitrogens with zero attached hydrogens (tertiary/aromatic N) is 1. The standard InChI is InChI=1S/C7H6F3NO.ClH/c8-7(9,10)5-2-1-3-11-6(5)4-12;/h1-3,12H,4H2;1H. The van der Waals surface area contributed by atoms with Crippen molar-refractivity contribution >= 4 is 12.4 Å². The van der Waals surface area contributed by atoms with Gasteiger partial charge in [0.05, 0.1) is 17.9 Å². The molecule has 0 radical (unpaired) electrons. The second-order valence-corrected chi connectivity index (χ2v) is 2.15. The molecular formula is C7H7ClF3NO. The summed E-state index contributed by atoms with van der Waals surface area (Å²) < 4.78 is 36.3. The van der Waals surface area contributed by atoms with Crippen molar-refractivity contribution < 1.29 is 18.3 Å². The van der Waals surface area contributed by atoms with Crippen LogP contribution >= 0.6 is 12.4 Å². The summed E-state index contributed by atoms with van der Waals surface area (Å²) in [6.07, 6.45) is -3.23. The Balaban J connectivity index is 0.00000144. The second kappa shape index (κ2) is 4.43. The van der Waals surface area contributed by atoms with E-state index >= 15 is 0 Å². The highest BCUT2D eigenvalue weighted by atomic mass is 35.5. The monoisotopic (exact) mass is 213 g/mol. The topological polar surface area (TPSA) is 33.1 Å². The van der Waals surface area contributed by atoms with Crippen LogP contribution in [0.1, 0.15) is 11.3 Å². The lowest BCUT2D eigenvalue weighted by Crippen LogP contribution is -2.10. The van der Waals surface area contributed by atoms with Crippen LogP contribution in [0.4, 0.5) is 13.2 Å². The van der Waals surface area contributed by atoms with E-state index in [2.05, 4.69) is 4.98 Å². The number of hydrogen-bond donors (Lipinski definition) is 1. The van der Waals surface area contributed by atoms with Crippen molar-refractivity contribution in [2.24, 2.45) is 0 Å². The third-order valence-corrected chi connectivity index (χ3v) is 1.35. The Labute approximate surface area is 78.8 Å². The highest BCUT2D eigenvalue weighted by Crippen LogP contribution is 2.30. The zero-order valence-electron chi connectivity index (χ0n) is 6.38. The van der Waals surface area contributed by atoms with Crippen molar-refractivity contribution in [1.29, 1.82) is 0 Å². The summed E-state index contributed by atoms with van der Waals surface area (Å²) in [5.41, 5.74) is -1.22. The van der Waals surface area contributed by atoms with E-state index < -0.39 is 18.3 Å². The summed E-state index contributed by atoms with van der Waals surface area (Å²) in [6, 6.07) is 2.07. The van der Waals surface area contributed by atoms with Gasteiger partial charge in [-0.05, 0) is 12.1 Å². The van der Waals surface area contributed by atoms with E-state index in [0.29, 0.717) is 0 Å². The molecule has 0 aliphatic carbocycles. The van der Waals surface area contributed by atoms with Gasteiger partial charge in [-0.25, -0.2) is 0 Å². The van der Waals surface area contributed by atoms with E-state index in [-0.39, 0.29) is 18.1 Å². The number of hydrogen-bond acceptors (Lipinski definition) is 2. The van der Waals surface area contributed by atoms with Crippen LogP contribution in [0.15, 0.2) is 18.3 Å². The highest BCUT2D eigenvalue weighted by molar-refractivity contribution is 5.85. The van der Waals surface area contributed by atoms with Crippen LogP contribution in [0.2, 0.25) is 0 Å². The average molecular weight is 214 g/mol. The van der Waals surface area contributed by atoms with Gasteiger partial charge in [0.2, 0.25) is 0 Å². The average Bonchev–Trinajstić information content (AvgIpc) is 2.03. The van der Waals surface area contributed by atoms with Crippen LogP contribution in [-0.4, -0.2) is 10.1 Å². The molecule has 1 N–H and O–H groups in total. The molecule has 1 heterocycles. The molecule has 0 atom stereocenters. The van der Waals surface area contributed by atoms with Gasteiger partial charge < -0.3 is 5.11 Å². The molecule has 0 aliphatic rings. The predicted molar refractivity (Wildman–Crippen MR) is 42.4 cm³/mol. The molecule has 0 unspecified atom stereocenters. The van der Waals surface area contributed by atoms with Crippen molar-refractivity contribution in [1.82, 2.24) is 4.98 Å². The van der Waals surface area contributed by atoms with Crippen molar-refractivity contribution in [2.45, 2.75) is 12.8 Å². The number of rotatable bonds is 1. The van der Waals surface area contributed by atoms with Gasteiger partial charge in [-0.1, -0.05) is 0 Å². The van der Waals surface area contributed by atoms with Gasteiger partial charge in [-0.15, -0.1) is 12.4 Å². The zero-order valence-corrected chi connectivity index (χ0v) is 7.19. The maximum absolute atomic E-state index is 12.1. The Morgan fingerprint density at radius 3 is 2.38 bits per heavy atom. The first-order valence-electron chi connectivity index (χ1n) is 3.17. The molecule has 0 saturated heterocycles. The number of halogens is 4. The Morgan fingerprint density at radius 1 is 1.38 bits per heavy atom. The summed E-state index contributed by atoms with van der Waals surface area (Å²) in [6.45, 7) is -0.699. The second-order valence-electron chi connectivity index (χ2n) is 2.15. The number of alkyl halides is 3. The summed E-state index contributed by atoms with van der Waals surface area (Å²) in [5.74, 6) is 0. The maximum atomic E-state index is 12.1. The quantitative estimate of drug-likeness (QED) is 0.774. The van der Waals surface area contributed by atoms with E-state index in [1.165, 1.54) is 12.3 Å². The predicted octanol–water partition coefficient (Wildman–Crippen LogP) is 2.01. The first-order chi connectivity index (χ1) is 5.55. The number of aliphatic hydroxyl groups excluding tert-OH is 1. The summed E-state index contributed by atoms with van der Waals surface area (Å²) in [4.78, 5) is 3.39. The van der Waals surface area contributed by atoms with Crippen molar-refractivity contribution in [3.8, 4) is 0 Å². The van der Waals surface area contributed by atoms with Crippen LogP contribution in [0, 0.1) is 0 Å². The first kappa shape index (κ1) is 12.2. The minimum atomic E-state index is -4.44. The number of aromatic nitrogens is 1. The molecule has 2 nitrogen and oxygen atoms in total. The van der Waals surface area contributed by atoms with Crippen molar-refractivity contribution in [3.05, 3.63) is 29.6 Å². The molecule has 0 aromatic carbocycles. The number of pyridine rings is 1. The van der Waals surface area contributed by atoms with E-state index in [1.807, 2.05) is 0 Å². The Bertz CT molecular complexity index is 277. The SMILES string of the molecule is Cl.OCc1ncccc1C(F)(F)F. The van der Waals surface area contributed by atoms with Gasteiger partial charge in [0.1, 0.15) is 0 Å². The molecule has 0 fully saturated rings. The van der Waals surface area contributed by atoms with Crippen LogP contribution in [0.25, 0.3) is 0 Å². The van der Waals surface area contributed by atoms with Gasteiger partial charge >= 0.3 is 6.18 Å². The lowest BCUT2D eigenvalue weighted by molar-refractivity contribution is -0.139. The minimum Gasteiger partial charge on any atom is -0.390 e. The molecular weight excluding hydrogens is 207 g/mol. The van der Waals surface area contributed by atoms with Gasteiger partial charge in [-0.2, -0.15) is 13.2 Å². The van der Waals surface area contributed by atoms with E-state index in [1.54, 1.807) is 0 Å². The molecule has 0 aliphatic heterocycles. The summed E-state index contributed by atoms with van der Waals surface area (Å²) in [5, 5.41) is 8.52. The minimum absolute atomic E-state index is 0. The fourth-order valence-corrected chi connectivity index (χ4v) is 0.822. The van der Waals surface area contributed by atoms with E-state index in [4.69, 9.17) is 5.11 Å². The van der Waals surface area contributed by atoms with Gasteiger partial charge in [0, 0.05) is 6.20 Å². The van der Waals surface area contributed by atoms with Gasteiger partial charge in [0.15, 0.2) is 0 Å². The van der Waals surface area contributed by atoms with E-state index in [9.17, 15) is 13.2 Å². The largest absolute Gasteiger partial charge is 0.418 e. The van der Waals surface area contributed by atoms with Crippen LogP contribution in [0.3, 0.4) is 0 Å². The van der Waals surface area contributed by atoms with Crippen molar-refractivity contribution in [3.63, 3.8) is 0 Å². The Morgan fingerprint density at radius 2 is 2.00 bits per heavy atom. The van der Waals surface area contributed by atoms with Crippen LogP contribution in [0.5, 0.6) is 0 Å². The molecule has 0 amide bonds. The fourth-order valence-electron chi connectivity index (χ4n) is 0.822. The number of aliphatic hydroxyl groups is 1. The molecule has 0 spiro atoms. The molecule has 1 aromatic rings. The Kier molecular flexibility index (Phi) is 4.16. The highest BCUT2D eigenvalue weighted by Gasteiger charge is 2.33. The lowest BCUT2D eigenvalue weighted by atomic mass is 10.2. The third-order valence-electron chi connectivity index (χ3n) is 1.35. The molecule has 1 rings (SSSR count). The van der Waals surface area contributed by atoms with Crippen LogP contribution < -0.4 is 0 Å². The van der Waals surface area contributed by atoms with Gasteiger partial charge in [0.25, 0.3) is 0 Å². The fraction of sp³-hybridized carbons (Fsp3) is 0.286. The third kappa shape index (κ3) is 2.86. The summed E-state index contributed by atoms with van der Waals surface area (Å²) >= 11 is 0. The smallest absolute Gasteiger partial charge is 0.390 e. The summed E-state index contributed by atoms with van der Waals surface area (Å²) in [7, 11) is 0. The lowest BCUT2D eigenvalue weighted by Gasteiger charge is -2.08. The molecule has 0 saturated carbocycles. The molecule has 1 aromatic heterocycles. The zero-order chi connectivity index (χ0) is 9.19. The normalized spacial score (nSPS) is 10.8. The molecule has 13 heavy (non-hydrogen) atoms. The maximum Gasteiger partial charge on any atom is 0.418 e. The molecule has 6 heteroatoms. The van der Waals surface area contributed by atoms with Gasteiger partial charge in [-0.3, -0.25) is 4.98 Å². The molecule has 0 bridgehead atoms. The van der Waals surface area contributed by atoms with E-state index in [0.717, 1.165) is 6.07 Å². The van der Waals surface area contributed by atoms with Crippen molar-refractivity contribution in [2.75, 3.05) is 0 Å². The van der Waals surface area contributed by atoms with Crippen LogP contribution in [-0.2, 0) is 12.8 Å². The molecule has 74 valence electrons. The first-order valence-corrected chi connectivity index (χ1v) is 3.17. The Hall–Kier alpha value is -0.810.